The van der Waals surface area contributed by atoms with E-state index in [2.05, 4.69) is 4.98 Å². The smallest absolute Gasteiger partial charge is 0.215 e. The SMILES string of the molecule is COC(C)OC(=N)c1ccc2ncccc2c1. The van der Waals surface area contributed by atoms with Crippen LogP contribution >= 0.6 is 0 Å². The van der Waals surface area contributed by atoms with Crippen molar-refractivity contribution in [1.82, 2.24) is 4.98 Å². The molecule has 2 rings (SSSR count). The largest absolute Gasteiger partial charge is 0.448 e. The lowest BCUT2D eigenvalue weighted by molar-refractivity contribution is -0.0474. The topological polar surface area (TPSA) is 55.2 Å². The summed E-state index contributed by atoms with van der Waals surface area (Å²) >= 11 is 0. The van der Waals surface area contributed by atoms with Crippen LogP contribution in [0.25, 0.3) is 10.9 Å². The number of nitrogens with one attached hydrogen (secondary N) is 1. The summed E-state index contributed by atoms with van der Waals surface area (Å²) in [5, 5.41) is 8.81. The molecule has 2 aromatic rings. The van der Waals surface area contributed by atoms with E-state index in [4.69, 9.17) is 14.9 Å². The Bertz CT molecular complexity index is 540. The van der Waals surface area contributed by atoms with Crippen LogP contribution in [0.4, 0.5) is 0 Å². The van der Waals surface area contributed by atoms with Gasteiger partial charge in [-0.05, 0) is 31.2 Å². The molecule has 4 nitrogen and oxygen atoms in total. The minimum Gasteiger partial charge on any atom is -0.448 e. The number of methoxy groups -OCH3 is 1. The minimum atomic E-state index is -0.424. The van der Waals surface area contributed by atoms with Crippen molar-refractivity contribution in [2.75, 3.05) is 7.11 Å². The van der Waals surface area contributed by atoms with Crippen LogP contribution in [0.3, 0.4) is 0 Å². The second-order valence-corrected chi connectivity index (χ2v) is 3.66. The summed E-state index contributed by atoms with van der Waals surface area (Å²) in [4.78, 5) is 4.22. The fourth-order valence-electron chi connectivity index (χ4n) is 1.50. The lowest BCUT2D eigenvalue weighted by Gasteiger charge is -2.13. The molecular formula is C13H14N2O2. The van der Waals surface area contributed by atoms with E-state index in [9.17, 15) is 0 Å². The molecule has 0 amide bonds. The average molecular weight is 230 g/mol. The maximum absolute atomic E-state index is 7.82. The standard InChI is InChI=1S/C13H14N2O2/c1-9(16-2)17-13(14)11-5-6-12-10(8-11)4-3-7-15-12/h3-9,14H,1-2H3. The van der Waals surface area contributed by atoms with Crippen molar-refractivity contribution in [3.63, 3.8) is 0 Å². The Labute approximate surface area is 99.7 Å². The van der Waals surface area contributed by atoms with Crippen molar-refractivity contribution in [1.29, 1.82) is 5.41 Å². The number of rotatable bonds is 3. The van der Waals surface area contributed by atoms with Gasteiger partial charge in [0.2, 0.25) is 5.90 Å². The van der Waals surface area contributed by atoms with Crippen LogP contribution in [0.2, 0.25) is 0 Å². The second kappa shape index (κ2) is 4.93. The Morgan fingerprint density at radius 2 is 2.18 bits per heavy atom. The van der Waals surface area contributed by atoms with E-state index >= 15 is 0 Å². The zero-order valence-corrected chi connectivity index (χ0v) is 9.81. The first kappa shape index (κ1) is 11.5. The molecule has 0 aliphatic rings. The summed E-state index contributed by atoms with van der Waals surface area (Å²) in [6.07, 6.45) is 1.32. The van der Waals surface area contributed by atoms with Crippen LogP contribution < -0.4 is 0 Å². The lowest BCUT2D eigenvalue weighted by atomic mass is 10.1. The molecule has 1 aromatic carbocycles. The zero-order valence-electron chi connectivity index (χ0n) is 9.81. The summed E-state index contributed by atoms with van der Waals surface area (Å²) in [6, 6.07) is 9.40. The van der Waals surface area contributed by atoms with Gasteiger partial charge in [0.1, 0.15) is 0 Å². The minimum absolute atomic E-state index is 0.102. The van der Waals surface area contributed by atoms with Gasteiger partial charge in [0.05, 0.1) is 5.52 Å². The van der Waals surface area contributed by atoms with Gasteiger partial charge in [-0.25, -0.2) is 0 Å². The van der Waals surface area contributed by atoms with Crippen LogP contribution in [0, 0.1) is 5.41 Å². The van der Waals surface area contributed by atoms with Gasteiger partial charge in [-0.2, -0.15) is 0 Å². The summed E-state index contributed by atoms with van der Waals surface area (Å²) in [5.74, 6) is 0.102. The van der Waals surface area contributed by atoms with Crippen molar-refractivity contribution in [3.05, 3.63) is 42.1 Å². The van der Waals surface area contributed by atoms with Gasteiger partial charge in [-0.15, -0.1) is 0 Å². The molecule has 1 atom stereocenters. The summed E-state index contributed by atoms with van der Waals surface area (Å²) < 4.78 is 10.2. The third-order valence-corrected chi connectivity index (χ3v) is 2.48. The summed E-state index contributed by atoms with van der Waals surface area (Å²) in [6.45, 7) is 1.75. The highest BCUT2D eigenvalue weighted by Gasteiger charge is 2.08. The van der Waals surface area contributed by atoms with E-state index in [0.29, 0.717) is 0 Å². The molecule has 0 bridgehead atoms. The van der Waals surface area contributed by atoms with E-state index in [-0.39, 0.29) is 5.90 Å². The normalized spacial score (nSPS) is 12.4. The van der Waals surface area contributed by atoms with Gasteiger partial charge in [-0.3, -0.25) is 10.4 Å². The Morgan fingerprint density at radius 3 is 2.94 bits per heavy atom. The first-order chi connectivity index (χ1) is 8.20. The highest BCUT2D eigenvalue weighted by molar-refractivity contribution is 5.95. The Morgan fingerprint density at radius 1 is 1.35 bits per heavy atom. The van der Waals surface area contributed by atoms with Crippen molar-refractivity contribution >= 4 is 16.8 Å². The number of hydrogen-bond donors (Lipinski definition) is 1. The van der Waals surface area contributed by atoms with Crippen LogP contribution in [0.5, 0.6) is 0 Å². The van der Waals surface area contributed by atoms with Crippen LogP contribution in [0.15, 0.2) is 36.5 Å². The van der Waals surface area contributed by atoms with Crippen molar-refractivity contribution < 1.29 is 9.47 Å². The van der Waals surface area contributed by atoms with E-state index < -0.39 is 6.29 Å². The van der Waals surface area contributed by atoms with E-state index in [1.54, 1.807) is 20.2 Å². The molecule has 4 heteroatoms. The molecule has 1 N–H and O–H groups in total. The van der Waals surface area contributed by atoms with Crippen LogP contribution in [-0.4, -0.2) is 24.3 Å². The van der Waals surface area contributed by atoms with Crippen molar-refractivity contribution in [2.24, 2.45) is 0 Å². The van der Waals surface area contributed by atoms with Gasteiger partial charge in [0.15, 0.2) is 6.29 Å². The molecule has 0 spiro atoms. The summed E-state index contributed by atoms with van der Waals surface area (Å²) in [7, 11) is 1.54. The zero-order chi connectivity index (χ0) is 12.3. The fourth-order valence-corrected chi connectivity index (χ4v) is 1.50. The molecule has 17 heavy (non-hydrogen) atoms. The predicted octanol–water partition coefficient (Wildman–Crippen LogP) is 2.57. The molecule has 1 heterocycles. The number of hydrogen-bond acceptors (Lipinski definition) is 4. The Kier molecular flexibility index (Phi) is 3.35. The van der Waals surface area contributed by atoms with E-state index in [1.165, 1.54) is 0 Å². The van der Waals surface area contributed by atoms with Crippen molar-refractivity contribution in [2.45, 2.75) is 13.2 Å². The number of aromatic nitrogens is 1. The number of ether oxygens (including phenoxy) is 2. The molecule has 1 unspecified atom stereocenters. The van der Waals surface area contributed by atoms with Gasteiger partial charge in [0, 0.05) is 24.3 Å². The number of fused-ring (bicyclic) bond motifs is 1. The van der Waals surface area contributed by atoms with Crippen LogP contribution in [0.1, 0.15) is 12.5 Å². The van der Waals surface area contributed by atoms with Gasteiger partial charge < -0.3 is 9.47 Å². The first-order valence-corrected chi connectivity index (χ1v) is 5.34. The molecule has 0 aliphatic carbocycles. The molecule has 1 aromatic heterocycles. The number of pyridine rings is 1. The maximum Gasteiger partial charge on any atom is 0.215 e. The molecule has 0 saturated heterocycles. The number of benzene rings is 1. The second-order valence-electron chi connectivity index (χ2n) is 3.66. The lowest BCUT2D eigenvalue weighted by Crippen LogP contribution is -2.16. The third kappa shape index (κ3) is 2.60. The third-order valence-electron chi connectivity index (χ3n) is 2.48. The Hall–Kier alpha value is -1.94. The predicted molar refractivity (Wildman–Crippen MR) is 66.1 cm³/mol. The number of nitrogens with zero attached hydrogens (tertiary/aromatic N) is 1. The average Bonchev–Trinajstić information content (AvgIpc) is 2.38. The van der Waals surface area contributed by atoms with Crippen LogP contribution in [-0.2, 0) is 9.47 Å². The van der Waals surface area contributed by atoms with E-state index in [1.807, 2.05) is 30.3 Å². The molecule has 0 saturated carbocycles. The summed E-state index contributed by atoms with van der Waals surface area (Å²) in [5.41, 5.74) is 1.62. The fraction of sp³-hybridized carbons (Fsp3) is 0.231. The highest BCUT2D eigenvalue weighted by Crippen LogP contribution is 2.14. The van der Waals surface area contributed by atoms with E-state index in [0.717, 1.165) is 16.5 Å². The maximum atomic E-state index is 7.82. The Balaban J connectivity index is 2.27. The molecule has 0 radical (unpaired) electrons. The van der Waals surface area contributed by atoms with Gasteiger partial charge in [-0.1, -0.05) is 6.07 Å². The molecular weight excluding hydrogens is 216 g/mol. The molecule has 88 valence electrons. The van der Waals surface area contributed by atoms with Gasteiger partial charge >= 0.3 is 0 Å². The monoisotopic (exact) mass is 230 g/mol. The van der Waals surface area contributed by atoms with Crippen molar-refractivity contribution in [3.8, 4) is 0 Å². The highest BCUT2D eigenvalue weighted by atomic mass is 16.7. The molecule has 0 aliphatic heterocycles. The van der Waals surface area contributed by atoms with Gasteiger partial charge in [0.25, 0.3) is 0 Å². The quantitative estimate of drug-likeness (QED) is 0.501. The molecule has 0 fully saturated rings. The first-order valence-electron chi connectivity index (χ1n) is 5.34.